The van der Waals surface area contributed by atoms with E-state index >= 15 is 0 Å². The van der Waals surface area contributed by atoms with Crippen molar-refractivity contribution in [3.63, 3.8) is 0 Å². The fourth-order valence-corrected chi connectivity index (χ4v) is 6.93. The molecule has 1 N–H and O–H groups in total. The molecule has 1 amide bonds. The number of fused-ring (bicyclic) bond motifs is 4. The summed E-state index contributed by atoms with van der Waals surface area (Å²) in [6, 6.07) is 17.1. The highest BCUT2D eigenvalue weighted by atomic mass is 32.2. The minimum Gasteiger partial charge on any atom is -0.452 e. The van der Waals surface area contributed by atoms with Crippen molar-refractivity contribution >= 4 is 50.9 Å². The van der Waals surface area contributed by atoms with Crippen LogP contribution in [0.3, 0.4) is 0 Å². The number of thiophene rings is 1. The summed E-state index contributed by atoms with van der Waals surface area (Å²) in [4.78, 5) is 48.4. The molecule has 2 aliphatic rings. The van der Waals surface area contributed by atoms with Crippen LogP contribution in [0.5, 0.6) is 0 Å². The third-order valence-electron chi connectivity index (χ3n) is 6.21. The van der Waals surface area contributed by atoms with E-state index in [1.54, 1.807) is 11.8 Å². The van der Waals surface area contributed by atoms with E-state index in [0.717, 1.165) is 21.7 Å². The van der Waals surface area contributed by atoms with Crippen LogP contribution < -0.4 is 10.5 Å². The molecule has 7 nitrogen and oxygen atoms in total. The van der Waals surface area contributed by atoms with E-state index in [1.807, 2.05) is 60.0 Å². The van der Waals surface area contributed by atoms with Crippen molar-refractivity contribution in [1.82, 2.24) is 9.97 Å². The number of anilines is 1. The van der Waals surface area contributed by atoms with Crippen molar-refractivity contribution in [3.05, 3.63) is 76.2 Å². The zero-order chi connectivity index (χ0) is 23.4. The number of nitrogens with one attached hydrogen (secondary N) is 1. The van der Waals surface area contributed by atoms with E-state index in [-0.39, 0.29) is 23.7 Å². The van der Waals surface area contributed by atoms with Gasteiger partial charge in [-0.05, 0) is 24.6 Å². The fourth-order valence-electron chi connectivity index (χ4n) is 4.57. The quantitative estimate of drug-likeness (QED) is 0.411. The molecule has 1 saturated heterocycles. The van der Waals surface area contributed by atoms with Gasteiger partial charge in [0.15, 0.2) is 16.8 Å². The Balaban J connectivity index is 1.30. The predicted octanol–water partition coefficient (Wildman–Crippen LogP) is 4.88. The third kappa shape index (κ3) is 3.11. The van der Waals surface area contributed by atoms with E-state index < -0.39 is 16.9 Å². The molecular formula is C25H19N3O4S2. The number of nitrogens with zero attached hydrogens (tertiary/aromatic N) is 2. The topological polar surface area (TPSA) is 92.4 Å². The molecule has 0 spiro atoms. The van der Waals surface area contributed by atoms with Gasteiger partial charge in [-0.3, -0.25) is 14.5 Å². The monoisotopic (exact) mass is 489 g/mol. The number of para-hydroxylation sites is 1. The first-order valence-corrected chi connectivity index (χ1v) is 12.6. The van der Waals surface area contributed by atoms with Gasteiger partial charge in [0, 0.05) is 28.7 Å². The van der Waals surface area contributed by atoms with E-state index in [0.29, 0.717) is 16.6 Å². The summed E-state index contributed by atoms with van der Waals surface area (Å²) < 4.78 is 5.82. The second-order valence-corrected chi connectivity index (χ2v) is 10.5. The summed E-state index contributed by atoms with van der Waals surface area (Å²) in [5.74, 6) is -0.326. The van der Waals surface area contributed by atoms with Crippen LogP contribution in [0.2, 0.25) is 0 Å². The lowest BCUT2D eigenvalue weighted by Gasteiger charge is -2.29. The Labute approximate surface area is 202 Å². The maximum absolute atomic E-state index is 13.4. The van der Waals surface area contributed by atoms with Gasteiger partial charge in [-0.15, -0.1) is 11.3 Å². The summed E-state index contributed by atoms with van der Waals surface area (Å²) in [6.45, 7) is 1.68. The number of hydrogen-bond acceptors (Lipinski definition) is 7. The molecular weight excluding hydrogens is 470 g/mol. The Hall–Kier alpha value is -3.43. The SMILES string of the molecule is C[C@@H](OC(=O)[C@@]12CCC(=O)N1c1ccccc1S2)c1nc2scc(-c3ccccc3)c2c(=O)[nH]1. The molecule has 0 unspecified atom stereocenters. The molecule has 34 heavy (non-hydrogen) atoms. The molecule has 6 rings (SSSR count). The molecule has 2 atom stereocenters. The Morgan fingerprint density at radius 2 is 1.91 bits per heavy atom. The molecule has 2 aromatic carbocycles. The van der Waals surface area contributed by atoms with Crippen molar-refractivity contribution in [2.75, 3.05) is 4.90 Å². The van der Waals surface area contributed by atoms with Gasteiger partial charge in [-0.25, -0.2) is 9.78 Å². The van der Waals surface area contributed by atoms with Crippen LogP contribution in [0, 0.1) is 0 Å². The van der Waals surface area contributed by atoms with Gasteiger partial charge in [-0.2, -0.15) is 0 Å². The number of thioether (sulfide) groups is 1. The van der Waals surface area contributed by atoms with Crippen molar-refractivity contribution in [2.45, 2.75) is 35.6 Å². The minimum absolute atomic E-state index is 0.0953. The molecule has 0 bridgehead atoms. The second-order valence-electron chi connectivity index (χ2n) is 8.28. The predicted molar refractivity (Wildman–Crippen MR) is 132 cm³/mol. The summed E-state index contributed by atoms with van der Waals surface area (Å²) in [6.07, 6.45) is -0.142. The molecule has 0 radical (unpaired) electrons. The van der Waals surface area contributed by atoms with Crippen LogP contribution in [-0.4, -0.2) is 26.7 Å². The van der Waals surface area contributed by atoms with Crippen molar-refractivity contribution in [2.24, 2.45) is 0 Å². The lowest BCUT2D eigenvalue weighted by molar-refractivity contribution is -0.152. The van der Waals surface area contributed by atoms with E-state index in [1.165, 1.54) is 23.1 Å². The molecule has 170 valence electrons. The van der Waals surface area contributed by atoms with Crippen LogP contribution in [0.25, 0.3) is 21.3 Å². The normalized spacial score (nSPS) is 19.8. The first-order chi connectivity index (χ1) is 16.5. The lowest BCUT2D eigenvalue weighted by Crippen LogP contribution is -2.48. The molecule has 9 heteroatoms. The van der Waals surface area contributed by atoms with E-state index in [4.69, 9.17) is 4.74 Å². The zero-order valence-corrected chi connectivity index (χ0v) is 19.7. The number of hydrogen-bond donors (Lipinski definition) is 1. The number of benzene rings is 2. The largest absolute Gasteiger partial charge is 0.452 e. The van der Waals surface area contributed by atoms with Crippen molar-refractivity contribution < 1.29 is 14.3 Å². The molecule has 2 aromatic heterocycles. The molecule has 4 aromatic rings. The average molecular weight is 490 g/mol. The summed E-state index contributed by atoms with van der Waals surface area (Å²) >= 11 is 2.73. The van der Waals surface area contributed by atoms with Gasteiger partial charge < -0.3 is 9.72 Å². The number of ether oxygens (including phenoxy) is 1. The first kappa shape index (κ1) is 21.1. The Kier molecular flexibility index (Phi) is 4.86. The maximum atomic E-state index is 13.4. The Morgan fingerprint density at radius 1 is 1.15 bits per heavy atom. The van der Waals surface area contributed by atoms with E-state index in [2.05, 4.69) is 9.97 Å². The fraction of sp³-hybridized carbons (Fsp3) is 0.200. The third-order valence-corrected chi connectivity index (χ3v) is 8.54. The standard InChI is InChI=1S/C25H19N3O4S2/c1-14(21-26-22(30)20-16(13-33-23(20)27-21)15-7-3-2-4-8-15)32-24(31)25-12-11-19(29)28(25)17-9-5-6-10-18(17)34-25/h2-10,13-14H,11-12H2,1H3,(H,26,27,30)/t14-,25+/m1/s1. The number of aromatic amines is 1. The number of carbonyl (C=O) groups is 2. The van der Waals surface area contributed by atoms with Gasteiger partial charge >= 0.3 is 5.97 Å². The van der Waals surface area contributed by atoms with Crippen LogP contribution >= 0.6 is 23.1 Å². The van der Waals surface area contributed by atoms with Crippen LogP contribution in [0.1, 0.15) is 31.7 Å². The number of H-pyrrole nitrogens is 1. The maximum Gasteiger partial charge on any atom is 0.344 e. The number of rotatable bonds is 4. The molecule has 4 heterocycles. The van der Waals surface area contributed by atoms with E-state index in [9.17, 15) is 14.4 Å². The Bertz CT molecular complexity index is 1510. The summed E-state index contributed by atoms with van der Waals surface area (Å²) in [5.41, 5.74) is 2.22. The van der Waals surface area contributed by atoms with Crippen molar-refractivity contribution in [1.29, 1.82) is 0 Å². The number of aromatic nitrogens is 2. The first-order valence-electron chi connectivity index (χ1n) is 10.9. The zero-order valence-electron chi connectivity index (χ0n) is 18.1. The van der Waals surface area contributed by atoms with Gasteiger partial charge in [-0.1, -0.05) is 54.2 Å². The molecule has 0 aliphatic carbocycles. The van der Waals surface area contributed by atoms with Crippen LogP contribution in [0.15, 0.2) is 69.7 Å². The second kappa shape index (κ2) is 7.82. The van der Waals surface area contributed by atoms with Gasteiger partial charge in [0.05, 0.1) is 11.1 Å². The summed E-state index contributed by atoms with van der Waals surface area (Å²) in [7, 11) is 0. The van der Waals surface area contributed by atoms with Gasteiger partial charge in [0.2, 0.25) is 5.91 Å². The molecule has 0 saturated carbocycles. The number of esters is 1. The number of amides is 1. The number of carbonyl (C=O) groups excluding carboxylic acids is 2. The van der Waals surface area contributed by atoms with Crippen LogP contribution in [0.4, 0.5) is 5.69 Å². The average Bonchev–Trinajstić information content (AvgIpc) is 3.52. The highest BCUT2D eigenvalue weighted by molar-refractivity contribution is 8.02. The smallest absolute Gasteiger partial charge is 0.344 e. The van der Waals surface area contributed by atoms with Gasteiger partial charge in [0.25, 0.3) is 5.56 Å². The van der Waals surface area contributed by atoms with Crippen molar-refractivity contribution in [3.8, 4) is 11.1 Å². The molecule has 2 aliphatic heterocycles. The highest BCUT2D eigenvalue weighted by Crippen LogP contribution is 2.56. The van der Waals surface area contributed by atoms with Gasteiger partial charge in [0.1, 0.15) is 4.83 Å². The molecule has 1 fully saturated rings. The Morgan fingerprint density at radius 3 is 2.74 bits per heavy atom. The minimum atomic E-state index is -1.12. The highest BCUT2D eigenvalue weighted by Gasteiger charge is 2.58. The van der Waals surface area contributed by atoms with Crippen LogP contribution in [-0.2, 0) is 14.3 Å². The summed E-state index contributed by atoms with van der Waals surface area (Å²) in [5, 5.41) is 2.43. The lowest BCUT2D eigenvalue weighted by atomic mass is 10.1.